The van der Waals surface area contributed by atoms with Gasteiger partial charge in [-0.15, -0.1) is 0 Å². The van der Waals surface area contributed by atoms with E-state index in [0.717, 1.165) is 28.7 Å². The van der Waals surface area contributed by atoms with Crippen LogP contribution in [0.15, 0.2) is 72.8 Å². The SMILES string of the molecule is CC[C@H](C)NC(=O)[C@H](Cc1ccccc1)N(Cc1cccc(OC)c1)C(=O)COc1ccc(C)c(C)c1. The maximum Gasteiger partial charge on any atom is 0.261 e. The van der Waals surface area contributed by atoms with Crippen LogP contribution in [-0.2, 0) is 22.6 Å². The summed E-state index contributed by atoms with van der Waals surface area (Å²) in [6, 6.07) is 22.4. The van der Waals surface area contributed by atoms with Gasteiger partial charge in [0.15, 0.2) is 6.61 Å². The molecule has 1 N–H and O–H groups in total. The van der Waals surface area contributed by atoms with Gasteiger partial charge in [-0.2, -0.15) is 0 Å². The fraction of sp³-hybridized carbons (Fsp3) is 0.355. The van der Waals surface area contributed by atoms with Gasteiger partial charge in [-0.1, -0.05) is 55.5 Å². The molecule has 3 rings (SSSR count). The molecule has 3 aromatic rings. The molecule has 0 bridgehead atoms. The molecule has 2 amide bonds. The first kappa shape index (κ1) is 27.8. The van der Waals surface area contributed by atoms with E-state index in [-0.39, 0.29) is 31.0 Å². The van der Waals surface area contributed by atoms with Gasteiger partial charge in [0.05, 0.1) is 7.11 Å². The highest BCUT2D eigenvalue weighted by atomic mass is 16.5. The van der Waals surface area contributed by atoms with E-state index in [2.05, 4.69) is 5.32 Å². The highest BCUT2D eigenvalue weighted by molar-refractivity contribution is 5.88. The van der Waals surface area contributed by atoms with E-state index < -0.39 is 6.04 Å². The van der Waals surface area contributed by atoms with Crippen molar-refractivity contribution in [2.24, 2.45) is 0 Å². The summed E-state index contributed by atoms with van der Waals surface area (Å²) in [5.41, 5.74) is 4.09. The Morgan fingerprint density at radius 1 is 0.892 bits per heavy atom. The van der Waals surface area contributed by atoms with Gasteiger partial charge >= 0.3 is 0 Å². The molecule has 0 radical (unpaired) electrons. The maximum atomic E-state index is 13.7. The van der Waals surface area contributed by atoms with Crippen LogP contribution in [0.25, 0.3) is 0 Å². The molecule has 6 heteroatoms. The van der Waals surface area contributed by atoms with Crippen LogP contribution in [0.5, 0.6) is 11.5 Å². The first-order chi connectivity index (χ1) is 17.8. The van der Waals surface area contributed by atoms with Crippen LogP contribution in [0, 0.1) is 13.8 Å². The highest BCUT2D eigenvalue weighted by Crippen LogP contribution is 2.20. The molecule has 196 valence electrons. The van der Waals surface area contributed by atoms with Crippen molar-refractivity contribution in [3.8, 4) is 11.5 Å². The lowest BCUT2D eigenvalue weighted by molar-refractivity contribution is -0.143. The van der Waals surface area contributed by atoms with Crippen LogP contribution >= 0.6 is 0 Å². The van der Waals surface area contributed by atoms with Gasteiger partial charge in [0.2, 0.25) is 5.91 Å². The fourth-order valence-corrected chi connectivity index (χ4v) is 3.99. The van der Waals surface area contributed by atoms with Crippen molar-refractivity contribution in [2.45, 2.75) is 59.2 Å². The number of carbonyl (C=O) groups is 2. The summed E-state index contributed by atoms with van der Waals surface area (Å²) >= 11 is 0. The van der Waals surface area contributed by atoms with E-state index >= 15 is 0 Å². The third-order valence-electron chi connectivity index (χ3n) is 6.60. The molecule has 0 heterocycles. The molecule has 6 nitrogen and oxygen atoms in total. The van der Waals surface area contributed by atoms with Gasteiger partial charge in [0.1, 0.15) is 17.5 Å². The first-order valence-electron chi connectivity index (χ1n) is 12.8. The molecule has 0 aliphatic rings. The minimum Gasteiger partial charge on any atom is -0.497 e. The molecule has 0 fully saturated rings. The zero-order valence-electron chi connectivity index (χ0n) is 22.5. The second-order valence-corrected chi connectivity index (χ2v) is 9.43. The van der Waals surface area contributed by atoms with Gasteiger partial charge in [0, 0.05) is 19.0 Å². The molecule has 0 saturated heterocycles. The number of nitrogens with one attached hydrogen (secondary N) is 1. The van der Waals surface area contributed by atoms with E-state index in [1.54, 1.807) is 12.0 Å². The number of hydrogen-bond donors (Lipinski definition) is 1. The molecular formula is C31H38N2O4. The van der Waals surface area contributed by atoms with Crippen LogP contribution in [0.1, 0.15) is 42.5 Å². The minimum absolute atomic E-state index is 0.00803. The lowest BCUT2D eigenvalue weighted by atomic mass is 10.0. The van der Waals surface area contributed by atoms with Gasteiger partial charge in [-0.05, 0) is 73.7 Å². The monoisotopic (exact) mass is 502 g/mol. The summed E-state index contributed by atoms with van der Waals surface area (Å²) in [7, 11) is 1.61. The molecule has 0 spiro atoms. The number of ether oxygens (including phenoxy) is 2. The minimum atomic E-state index is -0.710. The molecule has 0 saturated carbocycles. The Hall–Kier alpha value is -3.80. The maximum absolute atomic E-state index is 13.7. The van der Waals surface area contributed by atoms with Gasteiger partial charge in [-0.3, -0.25) is 9.59 Å². The average molecular weight is 503 g/mol. The Balaban J connectivity index is 1.93. The third kappa shape index (κ3) is 8.10. The van der Waals surface area contributed by atoms with Gasteiger partial charge in [0.25, 0.3) is 5.91 Å². The summed E-state index contributed by atoms with van der Waals surface area (Å²) in [6.07, 6.45) is 1.19. The summed E-state index contributed by atoms with van der Waals surface area (Å²) in [4.78, 5) is 28.9. The van der Waals surface area contributed by atoms with Crippen LogP contribution in [0.2, 0.25) is 0 Å². The van der Waals surface area contributed by atoms with E-state index in [0.29, 0.717) is 17.9 Å². The van der Waals surface area contributed by atoms with Crippen molar-refractivity contribution in [1.29, 1.82) is 0 Å². The zero-order chi connectivity index (χ0) is 26.8. The Morgan fingerprint density at radius 3 is 2.30 bits per heavy atom. The predicted octanol–water partition coefficient (Wildman–Crippen LogP) is 5.25. The average Bonchev–Trinajstić information content (AvgIpc) is 2.91. The van der Waals surface area contributed by atoms with E-state index in [1.165, 1.54) is 0 Å². The van der Waals surface area contributed by atoms with Crippen molar-refractivity contribution in [1.82, 2.24) is 10.2 Å². The molecule has 0 aliphatic carbocycles. The van der Waals surface area contributed by atoms with Gasteiger partial charge < -0.3 is 19.7 Å². The largest absolute Gasteiger partial charge is 0.497 e. The quantitative estimate of drug-likeness (QED) is 0.368. The summed E-state index contributed by atoms with van der Waals surface area (Å²) in [6.45, 7) is 8.10. The number of aryl methyl sites for hydroxylation is 2. The number of benzene rings is 3. The smallest absolute Gasteiger partial charge is 0.261 e. The Labute approximate surface area is 220 Å². The van der Waals surface area contributed by atoms with Gasteiger partial charge in [-0.25, -0.2) is 0 Å². The first-order valence-corrected chi connectivity index (χ1v) is 12.8. The van der Waals surface area contributed by atoms with E-state index in [4.69, 9.17) is 9.47 Å². The molecule has 3 aromatic carbocycles. The summed E-state index contributed by atoms with van der Waals surface area (Å²) in [5.74, 6) is 0.878. The lowest BCUT2D eigenvalue weighted by Gasteiger charge is -2.32. The van der Waals surface area contributed by atoms with E-state index in [1.807, 2.05) is 100 Å². The second-order valence-electron chi connectivity index (χ2n) is 9.43. The number of hydrogen-bond acceptors (Lipinski definition) is 4. The number of nitrogens with zero attached hydrogens (tertiary/aromatic N) is 1. The number of carbonyl (C=O) groups excluding carboxylic acids is 2. The van der Waals surface area contributed by atoms with Crippen molar-refractivity contribution in [3.05, 3.63) is 95.1 Å². The Morgan fingerprint density at radius 2 is 1.62 bits per heavy atom. The number of methoxy groups -OCH3 is 1. The zero-order valence-corrected chi connectivity index (χ0v) is 22.5. The summed E-state index contributed by atoms with van der Waals surface area (Å²) in [5, 5.41) is 3.08. The van der Waals surface area contributed by atoms with Crippen molar-refractivity contribution in [3.63, 3.8) is 0 Å². The number of amides is 2. The van der Waals surface area contributed by atoms with Crippen molar-refractivity contribution in [2.75, 3.05) is 13.7 Å². The molecule has 2 atom stereocenters. The molecule has 0 aromatic heterocycles. The van der Waals surface area contributed by atoms with Crippen LogP contribution in [0.4, 0.5) is 0 Å². The van der Waals surface area contributed by atoms with Crippen LogP contribution < -0.4 is 14.8 Å². The highest BCUT2D eigenvalue weighted by Gasteiger charge is 2.31. The molecule has 37 heavy (non-hydrogen) atoms. The van der Waals surface area contributed by atoms with E-state index in [9.17, 15) is 9.59 Å². The molecule has 0 unspecified atom stereocenters. The normalized spacial score (nSPS) is 12.4. The van der Waals surface area contributed by atoms with Crippen molar-refractivity contribution >= 4 is 11.8 Å². The standard InChI is InChI=1S/C31H38N2O4/c1-6-24(4)32-31(35)29(19-25-11-8-7-9-12-25)33(20-26-13-10-14-27(18-26)36-5)30(34)21-37-28-16-15-22(2)23(3)17-28/h7-18,24,29H,6,19-21H2,1-5H3,(H,32,35)/t24-,29-/m0/s1. The molecular weight excluding hydrogens is 464 g/mol. The Bertz CT molecular complexity index is 1180. The van der Waals surface area contributed by atoms with Crippen LogP contribution in [0.3, 0.4) is 0 Å². The topological polar surface area (TPSA) is 67.9 Å². The fourth-order valence-electron chi connectivity index (χ4n) is 3.99. The number of rotatable bonds is 12. The second kappa shape index (κ2) is 13.5. The predicted molar refractivity (Wildman–Crippen MR) is 147 cm³/mol. The van der Waals surface area contributed by atoms with Crippen molar-refractivity contribution < 1.29 is 19.1 Å². The van der Waals surface area contributed by atoms with Crippen LogP contribution in [-0.4, -0.2) is 42.5 Å². The Kier molecular flexibility index (Phi) is 10.1. The summed E-state index contributed by atoms with van der Waals surface area (Å²) < 4.78 is 11.3. The molecule has 0 aliphatic heterocycles. The lowest BCUT2D eigenvalue weighted by Crippen LogP contribution is -2.53. The third-order valence-corrected chi connectivity index (χ3v) is 6.60.